The minimum absolute atomic E-state index is 0.0547. The fraction of sp³-hybridized carbons (Fsp3) is 0.786. The van der Waals surface area contributed by atoms with Crippen LogP contribution in [0.15, 0.2) is 17.3 Å². The van der Waals surface area contributed by atoms with Crippen molar-refractivity contribution in [3.63, 3.8) is 0 Å². The molecule has 0 unspecified atom stereocenters. The summed E-state index contributed by atoms with van der Waals surface area (Å²) in [5.74, 6) is 0. The Morgan fingerprint density at radius 2 is 2.00 bits per heavy atom. The van der Waals surface area contributed by atoms with E-state index in [1.807, 2.05) is 20.8 Å². The van der Waals surface area contributed by atoms with Crippen molar-refractivity contribution < 1.29 is 8.42 Å². The lowest BCUT2D eigenvalue weighted by Gasteiger charge is -2.24. The third-order valence-electron chi connectivity index (χ3n) is 3.13. The first-order chi connectivity index (χ1) is 9.78. The summed E-state index contributed by atoms with van der Waals surface area (Å²) in [5.41, 5.74) is 0. The molecule has 0 aliphatic rings. The van der Waals surface area contributed by atoms with Crippen molar-refractivity contribution in [2.24, 2.45) is 0 Å². The molecule has 0 fully saturated rings. The molecule has 0 bridgehead atoms. The van der Waals surface area contributed by atoms with Gasteiger partial charge < -0.3 is 5.32 Å². The molecule has 0 amide bonds. The normalized spacial score (nSPS) is 12.8. The van der Waals surface area contributed by atoms with Crippen molar-refractivity contribution in [3.05, 3.63) is 12.4 Å². The number of rotatable bonds is 9. The largest absolute Gasteiger partial charge is 0.313 e. The van der Waals surface area contributed by atoms with Gasteiger partial charge in [-0.2, -0.15) is 9.40 Å². The SMILES string of the molecule is CCCN(C(C)C)S(=O)(=O)c1cnn(CCNC(C)C)c1. The Balaban J connectivity index is 2.82. The lowest BCUT2D eigenvalue weighted by molar-refractivity contribution is 0.354. The van der Waals surface area contributed by atoms with Crippen LogP contribution in [-0.2, 0) is 16.6 Å². The van der Waals surface area contributed by atoms with E-state index in [-0.39, 0.29) is 10.9 Å². The van der Waals surface area contributed by atoms with Gasteiger partial charge in [-0.15, -0.1) is 0 Å². The number of aromatic nitrogens is 2. The maximum Gasteiger partial charge on any atom is 0.246 e. The third-order valence-corrected chi connectivity index (χ3v) is 5.16. The monoisotopic (exact) mass is 316 g/mol. The highest BCUT2D eigenvalue weighted by atomic mass is 32.2. The highest BCUT2D eigenvalue weighted by Crippen LogP contribution is 2.17. The summed E-state index contributed by atoms with van der Waals surface area (Å²) in [6.45, 7) is 11.9. The molecule has 1 heterocycles. The molecule has 0 radical (unpaired) electrons. The van der Waals surface area contributed by atoms with Crippen molar-refractivity contribution in [1.29, 1.82) is 0 Å². The number of nitrogens with zero attached hydrogens (tertiary/aromatic N) is 3. The Bertz CT molecular complexity index is 523. The van der Waals surface area contributed by atoms with E-state index in [1.165, 1.54) is 10.5 Å². The first-order valence-corrected chi connectivity index (χ1v) is 9.00. The average molecular weight is 316 g/mol. The Morgan fingerprint density at radius 3 is 2.52 bits per heavy atom. The topological polar surface area (TPSA) is 67.2 Å². The zero-order valence-corrected chi connectivity index (χ0v) is 14.5. The molecular formula is C14H28N4O2S. The van der Waals surface area contributed by atoms with Gasteiger partial charge >= 0.3 is 0 Å². The van der Waals surface area contributed by atoms with Crippen LogP contribution in [0.5, 0.6) is 0 Å². The summed E-state index contributed by atoms with van der Waals surface area (Å²) in [5, 5.41) is 7.43. The van der Waals surface area contributed by atoms with Crippen LogP contribution in [-0.4, -0.2) is 47.7 Å². The first-order valence-electron chi connectivity index (χ1n) is 7.56. The fourth-order valence-corrected chi connectivity index (χ4v) is 3.76. The zero-order valence-electron chi connectivity index (χ0n) is 13.7. The molecule has 0 aliphatic carbocycles. The zero-order chi connectivity index (χ0) is 16.0. The summed E-state index contributed by atoms with van der Waals surface area (Å²) in [6, 6.07) is 0.352. The van der Waals surface area contributed by atoms with Gasteiger partial charge in [0.15, 0.2) is 0 Å². The summed E-state index contributed by atoms with van der Waals surface area (Å²) in [4.78, 5) is 0.272. The second kappa shape index (κ2) is 7.91. The minimum Gasteiger partial charge on any atom is -0.313 e. The van der Waals surface area contributed by atoms with Crippen molar-refractivity contribution in [1.82, 2.24) is 19.4 Å². The maximum atomic E-state index is 12.6. The number of nitrogens with one attached hydrogen (secondary N) is 1. The fourth-order valence-electron chi connectivity index (χ4n) is 2.08. The molecule has 1 N–H and O–H groups in total. The molecule has 1 aromatic rings. The smallest absolute Gasteiger partial charge is 0.246 e. The van der Waals surface area contributed by atoms with Gasteiger partial charge in [0.25, 0.3) is 0 Å². The van der Waals surface area contributed by atoms with Crippen LogP contribution in [0.3, 0.4) is 0 Å². The first kappa shape index (κ1) is 18.1. The van der Waals surface area contributed by atoms with E-state index in [9.17, 15) is 8.42 Å². The molecule has 122 valence electrons. The summed E-state index contributed by atoms with van der Waals surface area (Å²) < 4.78 is 28.4. The van der Waals surface area contributed by atoms with Crippen molar-refractivity contribution >= 4 is 10.0 Å². The van der Waals surface area contributed by atoms with Gasteiger partial charge in [-0.05, 0) is 20.3 Å². The van der Waals surface area contributed by atoms with E-state index >= 15 is 0 Å². The van der Waals surface area contributed by atoms with E-state index < -0.39 is 10.0 Å². The lowest BCUT2D eigenvalue weighted by atomic mass is 10.4. The van der Waals surface area contributed by atoms with Gasteiger partial charge in [0.05, 0.1) is 12.7 Å². The molecule has 0 spiro atoms. The van der Waals surface area contributed by atoms with E-state index in [0.717, 1.165) is 13.0 Å². The van der Waals surface area contributed by atoms with Gasteiger partial charge in [-0.3, -0.25) is 4.68 Å². The Hall–Kier alpha value is -0.920. The maximum absolute atomic E-state index is 12.6. The van der Waals surface area contributed by atoms with E-state index in [0.29, 0.717) is 19.1 Å². The summed E-state index contributed by atoms with van der Waals surface area (Å²) >= 11 is 0. The molecule has 7 heteroatoms. The molecule has 0 aliphatic heterocycles. The van der Waals surface area contributed by atoms with Gasteiger partial charge in [-0.25, -0.2) is 8.42 Å². The van der Waals surface area contributed by atoms with Crippen LogP contribution in [0.1, 0.15) is 41.0 Å². The molecule has 6 nitrogen and oxygen atoms in total. The minimum atomic E-state index is -3.45. The quantitative estimate of drug-likeness (QED) is 0.753. The van der Waals surface area contributed by atoms with Crippen LogP contribution in [0, 0.1) is 0 Å². The molecule has 0 atom stereocenters. The predicted molar refractivity (Wildman–Crippen MR) is 84.7 cm³/mol. The molecule has 0 saturated carbocycles. The van der Waals surface area contributed by atoms with Gasteiger partial charge in [0.1, 0.15) is 4.90 Å². The standard InChI is InChI=1S/C14H28N4O2S/c1-6-8-18(13(4)5)21(19,20)14-10-16-17(11-14)9-7-15-12(2)3/h10-13,15H,6-9H2,1-5H3. The predicted octanol–water partition coefficient (Wildman–Crippen LogP) is 1.69. The van der Waals surface area contributed by atoms with E-state index in [4.69, 9.17) is 0 Å². The van der Waals surface area contributed by atoms with Crippen LogP contribution < -0.4 is 5.32 Å². The Morgan fingerprint density at radius 1 is 1.33 bits per heavy atom. The van der Waals surface area contributed by atoms with Crippen LogP contribution in [0.25, 0.3) is 0 Å². The molecule has 1 rings (SSSR count). The van der Waals surface area contributed by atoms with Gasteiger partial charge in [0, 0.05) is 31.4 Å². The van der Waals surface area contributed by atoms with Crippen molar-refractivity contribution in [2.45, 2.75) is 64.6 Å². The number of sulfonamides is 1. The van der Waals surface area contributed by atoms with Crippen molar-refractivity contribution in [2.75, 3.05) is 13.1 Å². The molecule has 0 aromatic carbocycles. The molecule has 21 heavy (non-hydrogen) atoms. The third kappa shape index (κ3) is 5.09. The van der Waals surface area contributed by atoms with Gasteiger partial charge in [-0.1, -0.05) is 20.8 Å². The summed E-state index contributed by atoms with van der Waals surface area (Å²) in [7, 11) is -3.45. The molecule has 1 aromatic heterocycles. The van der Waals surface area contributed by atoms with Crippen LogP contribution in [0.2, 0.25) is 0 Å². The van der Waals surface area contributed by atoms with E-state index in [1.54, 1.807) is 10.9 Å². The lowest BCUT2D eigenvalue weighted by Crippen LogP contribution is -2.37. The molecular weight excluding hydrogens is 288 g/mol. The average Bonchev–Trinajstić information content (AvgIpc) is 2.84. The second-order valence-electron chi connectivity index (χ2n) is 5.76. The highest BCUT2D eigenvalue weighted by Gasteiger charge is 2.27. The Kier molecular flexibility index (Phi) is 6.83. The van der Waals surface area contributed by atoms with Crippen LogP contribution >= 0.6 is 0 Å². The summed E-state index contributed by atoms with van der Waals surface area (Å²) in [6.07, 6.45) is 3.85. The highest BCUT2D eigenvalue weighted by molar-refractivity contribution is 7.89. The second-order valence-corrected chi connectivity index (χ2v) is 7.65. The number of hydrogen-bond donors (Lipinski definition) is 1. The van der Waals surface area contributed by atoms with Crippen LogP contribution in [0.4, 0.5) is 0 Å². The Labute approximate surface area is 128 Å². The van der Waals surface area contributed by atoms with Crippen molar-refractivity contribution in [3.8, 4) is 0 Å². The number of hydrogen-bond acceptors (Lipinski definition) is 4. The van der Waals surface area contributed by atoms with E-state index in [2.05, 4.69) is 24.3 Å². The molecule has 0 saturated heterocycles. The van der Waals surface area contributed by atoms with Gasteiger partial charge in [0.2, 0.25) is 10.0 Å².